The maximum absolute atomic E-state index is 10.1. The number of likely N-dealkylation sites (N-methyl/N-ethyl adjacent to an activating group) is 1. The van der Waals surface area contributed by atoms with Gasteiger partial charge < -0.3 is 15.4 Å². The van der Waals surface area contributed by atoms with Crippen LogP contribution in [0.5, 0.6) is 0 Å². The first-order valence-corrected chi connectivity index (χ1v) is 3.13. The number of hydrogen-bond donors (Lipinski definition) is 1. The van der Waals surface area contributed by atoms with Gasteiger partial charge in [-0.25, -0.2) is 0 Å². The highest BCUT2D eigenvalue weighted by Gasteiger charge is 1.93. The van der Waals surface area contributed by atoms with Crippen molar-refractivity contribution in [2.24, 2.45) is 5.73 Å². The van der Waals surface area contributed by atoms with Crippen molar-refractivity contribution in [3.05, 3.63) is 0 Å². The van der Waals surface area contributed by atoms with Crippen molar-refractivity contribution in [1.82, 2.24) is 4.90 Å². The molecule has 4 nitrogen and oxygen atoms in total. The molecule has 0 heterocycles. The van der Waals surface area contributed by atoms with E-state index in [1.165, 1.54) is 0 Å². The van der Waals surface area contributed by atoms with Crippen LogP contribution in [0, 0.1) is 0 Å². The Bertz CT molecular complexity index is 109. The van der Waals surface area contributed by atoms with Crippen molar-refractivity contribution >= 4 is 18.3 Å². The normalized spacial score (nSPS) is 9.36. The number of nitrogens with zero attached hydrogens (tertiary/aromatic N) is 1. The molecule has 0 aromatic rings. The Balaban J connectivity index is 0. The van der Waals surface area contributed by atoms with Crippen LogP contribution in [-0.4, -0.2) is 44.7 Å². The van der Waals surface area contributed by atoms with E-state index in [1.807, 2.05) is 19.0 Å². The number of rotatable bonds is 5. The van der Waals surface area contributed by atoms with Crippen LogP contribution >= 0.6 is 12.4 Å². The third-order valence-corrected chi connectivity index (χ3v) is 0.927. The van der Waals surface area contributed by atoms with E-state index in [0.29, 0.717) is 6.61 Å². The maximum atomic E-state index is 10.1. The van der Waals surface area contributed by atoms with E-state index < -0.39 is 5.91 Å². The summed E-state index contributed by atoms with van der Waals surface area (Å²) < 4.78 is 4.89. The van der Waals surface area contributed by atoms with Gasteiger partial charge in [0, 0.05) is 6.54 Å². The van der Waals surface area contributed by atoms with Crippen LogP contribution in [0.4, 0.5) is 0 Å². The topological polar surface area (TPSA) is 55.6 Å². The predicted molar refractivity (Wildman–Crippen MR) is 45.8 cm³/mol. The van der Waals surface area contributed by atoms with Crippen LogP contribution in [0.1, 0.15) is 0 Å². The number of primary amides is 1. The second-order valence-corrected chi connectivity index (χ2v) is 2.32. The number of ether oxygens (including phenoxy) is 1. The lowest BCUT2D eigenvalue weighted by atomic mass is 10.6. The molecule has 0 aliphatic rings. The average molecular weight is 183 g/mol. The summed E-state index contributed by atoms with van der Waals surface area (Å²) >= 11 is 0. The number of carbonyl (C=O) groups excluding carboxylic acids is 1. The van der Waals surface area contributed by atoms with Crippen LogP contribution in [0.2, 0.25) is 0 Å². The lowest BCUT2D eigenvalue weighted by Crippen LogP contribution is -2.23. The van der Waals surface area contributed by atoms with Gasteiger partial charge >= 0.3 is 0 Å². The molecule has 2 N–H and O–H groups in total. The van der Waals surface area contributed by atoms with Crippen molar-refractivity contribution in [1.29, 1.82) is 0 Å². The molecule has 0 atom stereocenters. The minimum atomic E-state index is -0.418. The summed E-state index contributed by atoms with van der Waals surface area (Å²) in [4.78, 5) is 12.1. The molecular formula is C6H15ClN2O2. The first kappa shape index (κ1) is 13.3. The fourth-order valence-corrected chi connectivity index (χ4v) is 0.420. The van der Waals surface area contributed by atoms with Crippen molar-refractivity contribution < 1.29 is 9.53 Å². The maximum Gasteiger partial charge on any atom is 0.243 e. The quantitative estimate of drug-likeness (QED) is 0.582. The Labute approximate surface area is 73.1 Å². The summed E-state index contributed by atoms with van der Waals surface area (Å²) in [6, 6.07) is 0. The van der Waals surface area contributed by atoms with Gasteiger partial charge in [-0.2, -0.15) is 0 Å². The summed E-state index contributed by atoms with van der Waals surface area (Å²) in [5.74, 6) is -0.418. The summed E-state index contributed by atoms with van der Waals surface area (Å²) in [6.07, 6.45) is 0. The molecule has 0 radical (unpaired) electrons. The van der Waals surface area contributed by atoms with E-state index in [4.69, 9.17) is 10.5 Å². The zero-order chi connectivity index (χ0) is 7.98. The standard InChI is InChI=1S/C6H14N2O2.ClH/c1-8(2)3-4-10-5-6(7)9;/h3-5H2,1-2H3,(H2,7,9);1H. The summed E-state index contributed by atoms with van der Waals surface area (Å²) in [7, 11) is 3.88. The Hall–Kier alpha value is -0.320. The Morgan fingerprint density at radius 2 is 2.09 bits per heavy atom. The van der Waals surface area contributed by atoms with Crippen LogP contribution in [0.25, 0.3) is 0 Å². The van der Waals surface area contributed by atoms with Crippen molar-refractivity contribution in [3.8, 4) is 0 Å². The molecule has 0 rings (SSSR count). The number of hydrogen-bond acceptors (Lipinski definition) is 3. The van der Waals surface area contributed by atoms with Gasteiger partial charge in [0.15, 0.2) is 0 Å². The predicted octanol–water partition coefficient (Wildman–Crippen LogP) is -0.528. The molecule has 0 unspecified atom stereocenters. The first-order chi connectivity index (χ1) is 4.63. The van der Waals surface area contributed by atoms with Gasteiger partial charge in [-0.3, -0.25) is 4.79 Å². The second-order valence-electron chi connectivity index (χ2n) is 2.32. The third-order valence-electron chi connectivity index (χ3n) is 0.927. The molecule has 0 bridgehead atoms. The monoisotopic (exact) mass is 182 g/mol. The molecule has 0 saturated carbocycles. The van der Waals surface area contributed by atoms with Gasteiger partial charge in [-0.05, 0) is 14.1 Å². The highest BCUT2D eigenvalue weighted by atomic mass is 35.5. The van der Waals surface area contributed by atoms with E-state index in [0.717, 1.165) is 6.54 Å². The lowest BCUT2D eigenvalue weighted by molar-refractivity contribution is -0.122. The van der Waals surface area contributed by atoms with E-state index in [-0.39, 0.29) is 19.0 Å². The third kappa shape index (κ3) is 12.8. The van der Waals surface area contributed by atoms with Gasteiger partial charge in [0.1, 0.15) is 6.61 Å². The zero-order valence-corrected chi connectivity index (χ0v) is 7.69. The summed E-state index contributed by atoms with van der Waals surface area (Å²) in [5.41, 5.74) is 4.83. The van der Waals surface area contributed by atoms with E-state index in [1.54, 1.807) is 0 Å². The smallest absolute Gasteiger partial charge is 0.243 e. The molecular weight excluding hydrogens is 168 g/mol. The SMILES string of the molecule is CN(C)CCOCC(N)=O.Cl. The fourth-order valence-electron chi connectivity index (χ4n) is 0.420. The van der Waals surface area contributed by atoms with Gasteiger partial charge in [0.05, 0.1) is 6.61 Å². The number of halogens is 1. The molecule has 0 saturated heterocycles. The Morgan fingerprint density at radius 1 is 1.55 bits per heavy atom. The molecule has 0 aliphatic heterocycles. The fraction of sp³-hybridized carbons (Fsp3) is 0.833. The van der Waals surface area contributed by atoms with Crippen LogP contribution in [0.3, 0.4) is 0 Å². The molecule has 0 aromatic heterocycles. The first-order valence-electron chi connectivity index (χ1n) is 3.13. The van der Waals surface area contributed by atoms with E-state index >= 15 is 0 Å². The van der Waals surface area contributed by atoms with Crippen molar-refractivity contribution in [2.45, 2.75) is 0 Å². The summed E-state index contributed by atoms with van der Waals surface area (Å²) in [6.45, 7) is 1.39. The van der Waals surface area contributed by atoms with Gasteiger partial charge in [0.2, 0.25) is 5.91 Å². The van der Waals surface area contributed by atoms with Crippen LogP contribution < -0.4 is 5.73 Å². The Morgan fingerprint density at radius 3 is 2.45 bits per heavy atom. The molecule has 5 heteroatoms. The highest BCUT2D eigenvalue weighted by molar-refractivity contribution is 5.85. The number of carbonyl (C=O) groups is 1. The van der Waals surface area contributed by atoms with Crippen molar-refractivity contribution in [3.63, 3.8) is 0 Å². The molecule has 11 heavy (non-hydrogen) atoms. The highest BCUT2D eigenvalue weighted by Crippen LogP contribution is 1.76. The molecule has 68 valence electrons. The molecule has 0 spiro atoms. The largest absolute Gasteiger partial charge is 0.370 e. The average Bonchev–Trinajstić information content (AvgIpc) is 1.79. The zero-order valence-electron chi connectivity index (χ0n) is 6.87. The minimum Gasteiger partial charge on any atom is -0.370 e. The van der Waals surface area contributed by atoms with Gasteiger partial charge in [-0.1, -0.05) is 0 Å². The van der Waals surface area contributed by atoms with E-state index in [2.05, 4.69) is 0 Å². The lowest BCUT2D eigenvalue weighted by Gasteiger charge is -2.08. The van der Waals surface area contributed by atoms with Crippen LogP contribution in [0.15, 0.2) is 0 Å². The van der Waals surface area contributed by atoms with Gasteiger partial charge in [0.25, 0.3) is 0 Å². The number of amides is 1. The summed E-state index contributed by atoms with van der Waals surface area (Å²) in [5, 5.41) is 0. The molecule has 0 aromatic carbocycles. The van der Waals surface area contributed by atoms with Crippen LogP contribution in [-0.2, 0) is 9.53 Å². The molecule has 1 amide bonds. The molecule has 0 aliphatic carbocycles. The van der Waals surface area contributed by atoms with E-state index in [9.17, 15) is 4.79 Å². The number of nitrogens with two attached hydrogens (primary N) is 1. The van der Waals surface area contributed by atoms with Crippen molar-refractivity contribution in [2.75, 3.05) is 33.9 Å². The molecule has 0 fully saturated rings. The Kier molecular flexibility index (Phi) is 9.40. The second kappa shape index (κ2) is 7.78. The van der Waals surface area contributed by atoms with Gasteiger partial charge in [-0.15, -0.1) is 12.4 Å². The minimum absolute atomic E-state index is 0.